The summed E-state index contributed by atoms with van der Waals surface area (Å²) in [5.41, 5.74) is 4.38. The highest BCUT2D eigenvalue weighted by atomic mass is 16.5. The minimum absolute atomic E-state index is 0.319. The predicted octanol–water partition coefficient (Wildman–Crippen LogP) is 4.43. The van der Waals surface area contributed by atoms with Crippen LogP contribution >= 0.6 is 0 Å². The summed E-state index contributed by atoms with van der Waals surface area (Å²) < 4.78 is 5.65. The molecule has 2 aromatic carbocycles. The average Bonchev–Trinajstić information content (AvgIpc) is 2.83. The zero-order valence-electron chi connectivity index (χ0n) is 11.8. The number of ether oxygens (including phenoxy) is 1. The summed E-state index contributed by atoms with van der Waals surface area (Å²) in [5.74, 6) is -0.329. The van der Waals surface area contributed by atoms with Crippen LogP contribution in [0.3, 0.4) is 0 Å². The second kappa shape index (κ2) is 5.80. The molecule has 2 nitrogen and oxygen atoms in total. The van der Waals surface area contributed by atoms with E-state index in [4.69, 9.17) is 4.74 Å². The van der Waals surface area contributed by atoms with Crippen LogP contribution in [0.1, 0.15) is 24.2 Å². The van der Waals surface area contributed by atoms with Gasteiger partial charge in [-0.15, -0.1) is 0 Å². The Kier molecular flexibility index (Phi) is 3.69. The molecule has 2 heteroatoms. The van der Waals surface area contributed by atoms with Crippen molar-refractivity contribution in [2.24, 2.45) is 0 Å². The lowest BCUT2D eigenvalue weighted by atomic mass is 10.1. The van der Waals surface area contributed by atoms with Crippen molar-refractivity contribution in [3.05, 3.63) is 84.0 Å². The van der Waals surface area contributed by atoms with Gasteiger partial charge in [-0.25, -0.2) is 4.79 Å². The van der Waals surface area contributed by atoms with E-state index < -0.39 is 0 Å². The van der Waals surface area contributed by atoms with Crippen molar-refractivity contribution < 1.29 is 9.53 Å². The average molecular weight is 276 g/mol. The van der Waals surface area contributed by atoms with Crippen LogP contribution in [0.5, 0.6) is 0 Å². The SMILES string of the molecule is C/C=C/C=C/C(=O)OC1c2ccccc2-c2ccccc21. The van der Waals surface area contributed by atoms with E-state index in [0.717, 1.165) is 22.3 Å². The van der Waals surface area contributed by atoms with E-state index in [1.165, 1.54) is 6.08 Å². The molecule has 21 heavy (non-hydrogen) atoms. The summed E-state index contributed by atoms with van der Waals surface area (Å²) >= 11 is 0. The minimum Gasteiger partial charge on any atom is -0.449 e. The number of allylic oxidation sites excluding steroid dienone is 3. The van der Waals surface area contributed by atoms with Crippen molar-refractivity contribution in [1.29, 1.82) is 0 Å². The maximum absolute atomic E-state index is 12.0. The molecule has 0 spiro atoms. The molecule has 0 fully saturated rings. The number of hydrogen-bond donors (Lipinski definition) is 0. The normalized spacial score (nSPS) is 13.6. The topological polar surface area (TPSA) is 26.3 Å². The summed E-state index contributed by atoms with van der Waals surface area (Å²) in [5, 5.41) is 0. The Morgan fingerprint density at radius 1 is 0.952 bits per heavy atom. The molecule has 0 N–H and O–H groups in total. The number of benzene rings is 2. The summed E-state index contributed by atoms with van der Waals surface area (Å²) in [4.78, 5) is 12.0. The van der Waals surface area contributed by atoms with Gasteiger partial charge in [0.05, 0.1) is 0 Å². The van der Waals surface area contributed by atoms with Crippen molar-refractivity contribution in [1.82, 2.24) is 0 Å². The van der Waals surface area contributed by atoms with Crippen LogP contribution < -0.4 is 0 Å². The molecule has 0 aliphatic heterocycles. The van der Waals surface area contributed by atoms with Gasteiger partial charge in [-0.1, -0.05) is 66.8 Å². The third-order valence-corrected chi connectivity index (χ3v) is 3.55. The van der Waals surface area contributed by atoms with Crippen molar-refractivity contribution in [2.45, 2.75) is 13.0 Å². The van der Waals surface area contributed by atoms with Crippen LogP contribution in [0, 0.1) is 0 Å². The number of fused-ring (bicyclic) bond motifs is 3. The number of esters is 1. The monoisotopic (exact) mass is 276 g/mol. The smallest absolute Gasteiger partial charge is 0.331 e. The first-order chi connectivity index (χ1) is 10.3. The molecule has 3 rings (SSSR count). The first-order valence-electron chi connectivity index (χ1n) is 6.99. The molecule has 0 radical (unpaired) electrons. The Labute approximate surface area is 124 Å². The van der Waals surface area contributed by atoms with Crippen LogP contribution in [-0.4, -0.2) is 5.97 Å². The van der Waals surface area contributed by atoms with Crippen molar-refractivity contribution in [2.75, 3.05) is 0 Å². The van der Waals surface area contributed by atoms with E-state index in [1.807, 2.05) is 49.4 Å². The van der Waals surface area contributed by atoms with Gasteiger partial charge in [-0.2, -0.15) is 0 Å². The standard InChI is InChI=1S/C19H16O2/c1-2-3-4-13-18(20)21-19-16-11-7-5-9-14(16)15-10-6-8-12-17(15)19/h2-13,19H,1H3/b3-2+,13-4+. The van der Waals surface area contributed by atoms with Crippen LogP contribution in [0.2, 0.25) is 0 Å². The number of rotatable bonds is 3. The van der Waals surface area contributed by atoms with E-state index in [9.17, 15) is 4.79 Å². The Balaban J connectivity index is 1.94. The number of hydrogen-bond acceptors (Lipinski definition) is 2. The number of carbonyl (C=O) groups excluding carboxylic acids is 1. The van der Waals surface area contributed by atoms with E-state index in [1.54, 1.807) is 12.2 Å². The molecule has 2 aromatic rings. The molecule has 0 saturated heterocycles. The molecule has 104 valence electrons. The largest absolute Gasteiger partial charge is 0.449 e. The molecule has 1 aliphatic carbocycles. The summed E-state index contributed by atoms with van der Waals surface area (Å²) in [7, 11) is 0. The van der Waals surface area contributed by atoms with Gasteiger partial charge in [0.1, 0.15) is 0 Å². The van der Waals surface area contributed by atoms with E-state index in [2.05, 4.69) is 12.1 Å². The number of carbonyl (C=O) groups is 1. The lowest BCUT2D eigenvalue weighted by molar-refractivity contribution is -0.141. The Bertz CT molecular complexity index is 680. The van der Waals surface area contributed by atoms with Crippen LogP contribution in [-0.2, 0) is 9.53 Å². The Hall–Kier alpha value is -2.61. The van der Waals surface area contributed by atoms with Gasteiger partial charge >= 0.3 is 5.97 Å². The van der Waals surface area contributed by atoms with E-state index >= 15 is 0 Å². The van der Waals surface area contributed by atoms with Crippen molar-refractivity contribution in [3.8, 4) is 11.1 Å². The van der Waals surface area contributed by atoms with Gasteiger partial charge in [0.25, 0.3) is 0 Å². The quantitative estimate of drug-likeness (QED) is 0.471. The lowest BCUT2D eigenvalue weighted by Crippen LogP contribution is -2.08. The molecule has 0 aromatic heterocycles. The van der Waals surface area contributed by atoms with Gasteiger partial charge in [0.15, 0.2) is 6.10 Å². The second-order valence-electron chi connectivity index (χ2n) is 4.88. The highest BCUT2D eigenvalue weighted by Crippen LogP contribution is 2.44. The summed E-state index contributed by atoms with van der Waals surface area (Å²) in [6.45, 7) is 1.90. The van der Waals surface area contributed by atoms with Crippen molar-refractivity contribution >= 4 is 5.97 Å². The summed E-state index contributed by atoms with van der Waals surface area (Å²) in [6, 6.07) is 16.1. The molecule has 0 atom stereocenters. The molecule has 1 aliphatic rings. The van der Waals surface area contributed by atoms with Gasteiger partial charge in [0, 0.05) is 17.2 Å². The van der Waals surface area contributed by atoms with Gasteiger partial charge in [-0.05, 0) is 18.1 Å². The third kappa shape index (κ3) is 2.52. The van der Waals surface area contributed by atoms with Gasteiger partial charge < -0.3 is 4.74 Å². The first kappa shape index (κ1) is 13.4. The van der Waals surface area contributed by atoms with Crippen LogP contribution in [0.15, 0.2) is 72.8 Å². The molecule has 0 bridgehead atoms. The van der Waals surface area contributed by atoms with E-state index in [-0.39, 0.29) is 12.1 Å². The highest BCUT2D eigenvalue weighted by Gasteiger charge is 2.30. The maximum Gasteiger partial charge on any atom is 0.331 e. The summed E-state index contributed by atoms with van der Waals surface area (Å²) in [6.07, 6.45) is 6.49. The van der Waals surface area contributed by atoms with Crippen LogP contribution in [0.25, 0.3) is 11.1 Å². The highest BCUT2D eigenvalue weighted by molar-refractivity contribution is 5.85. The zero-order valence-corrected chi connectivity index (χ0v) is 11.8. The Morgan fingerprint density at radius 2 is 1.52 bits per heavy atom. The van der Waals surface area contributed by atoms with Crippen LogP contribution in [0.4, 0.5) is 0 Å². The zero-order chi connectivity index (χ0) is 14.7. The van der Waals surface area contributed by atoms with Crippen molar-refractivity contribution in [3.63, 3.8) is 0 Å². The molecule has 0 amide bonds. The fourth-order valence-electron chi connectivity index (χ4n) is 2.64. The molecular formula is C19H16O2. The fourth-order valence-corrected chi connectivity index (χ4v) is 2.64. The van der Waals surface area contributed by atoms with Gasteiger partial charge in [0.2, 0.25) is 0 Å². The maximum atomic E-state index is 12.0. The second-order valence-corrected chi connectivity index (χ2v) is 4.88. The third-order valence-electron chi connectivity index (χ3n) is 3.55. The fraction of sp³-hybridized carbons (Fsp3) is 0.105. The Morgan fingerprint density at radius 3 is 2.10 bits per heavy atom. The molecule has 0 saturated carbocycles. The molecule has 0 heterocycles. The van der Waals surface area contributed by atoms with E-state index in [0.29, 0.717) is 0 Å². The van der Waals surface area contributed by atoms with Gasteiger partial charge in [-0.3, -0.25) is 0 Å². The minimum atomic E-state index is -0.329. The molecular weight excluding hydrogens is 260 g/mol. The molecule has 0 unspecified atom stereocenters. The lowest BCUT2D eigenvalue weighted by Gasteiger charge is -2.13. The predicted molar refractivity (Wildman–Crippen MR) is 83.8 cm³/mol. The first-order valence-corrected chi connectivity index (χ1v) is 6.99.